The third kappa shape index (κ3) is 3.83. The first-order valence-corrected chi connectivity index (χ1v) is 10.1. The molecule has 0 unspecified atom stereocenters. The topological polar surface area (TPSA) is 42.3 Å². The van der Waals surface area contributed by atoms with Gasteiger partial charge in [0, 0.05) is 25.3 Å². The zero-order chi connectivity index (χ0) is 19.2. The van der Waals surface area contributed by atoms with Crippen molar-refractivity contribution in [2.75, 3.05) is 31.6 Å². The number of alkyl halides is 3. The van der Waals surface area contributed by atoms with Crippen molar-refractivity contribution in [1.82, 2.24) is 14.7 Å². The van der Waals surface area contributed by atoms with E-state index in [0.29, 0.717) is 11.7 Å². The smallest absolute Gasteiger partial charge is 0.381 e. The number of fused-ring (bicyclic) bond motifs is 1. The SMILES string of the molecule is CC(C)[C@@H]1C[C@H](C(F)(F)F)n2nc([C@@H]3CCCN3C[C@H]3CCOC3)cc2N1. The number of nitrogens with one attached hydrogen (secondary N) is 1. The van der Waals surface area contributed by atoms with Crippen LogP contribution in [-0.4, -0.2) is 53.2 Å². The molecule has 1 aromatic heterocycles. The summed E-state index contributed by atoms with van der Waals surface area (Å²) in [5.74, 6) is 1.16. The number of nitrogens with zero attached hydrogens (tertiary/aromatic N) is 3. The molecule has 0 radical (unpaired) electrons. The molecule has 1 N–H and O–H groups in total. The van der Waals surface area contributed by atoms with E-state index in [1.54, 1.807) is 0 Å². The molecule has 0 spiro atoms. The first kappa shape index (κ1) is 19.1. The molecular weight excluding hydrogens is 357 g/mol. The van der Waals surface area contributed by atoms with Crippen molar-refractivity contribution in [2.24, 2.45) is 11.8 Å². The van der Waals surface area contributed by atoms with Gasteiger partial charge in [0.2, 0.25) is 0 Å². The lowest BCUT2D eigenvalue weighted by atomic mass is 9.94. The highest BCUT2D eigenvalue weighted by Crippen LogP contribution is 2.42. The fourth-order valence-electron chi connectivity index (χ4n) is 4.66. The molecule has 2 saturated heterocycles. The largest absolute Gasteiger partial charge is 0.410 e. The minimum atomic E-state index is -4.29. The van der Waals surface area contributed by atoms with Crippen LogP contribution in [-0.2, 0) is 4.74 Å². The van der Waals surface area contributed by atoms with Crippen molar-refractivity contribution >= 4 is 5.82 Å². The maximum absolute atomic E-state index is 13.7. The molecule has 0 aromatic carbocycles. The summed E-state index contributed by atoms with van der Waals surface area (Å²) in [6.07, 6.45) is -1.18. The second-order valence-electron chi connectivity index (χ2n) is 8.57. The number of likely N-dealkylation sites (tertiary alicyclic amines) is 1. The van der Waals surface area contributed by atoms with Crippen LogP contribution in [0.25, 0.3) is 0 Å². The van der Waals surface area contributed by atoms with Crippen LogP contribution in [0.1, 0.15) is 57.3 Å². The fraction of sp³-hybridized carbons (Fsp3) is 0.842. The Bertz CT molecular complexity index is 654. The van der Waals surface area contributed by atoms with Gasteiger partial charge in [0.15, 0.2) is 6.04 Å². The molecule has 3 aliphatic rings. The summed E-state index contributed by atoms with van der Waals surface area (Å²) in [7, 11) is 0. The van der Waals surface area contributed by atoms with Crippen LogP contribution >= 0.6 is 0 Å². The molecule has 0 bridgehead atoms. The minimum Gasteiger partial charge on any atom is -0.381 e. The van der Waals surface area contributed by atoms with E-state index in [4.69, 9.17) is 4.74 Å². The van der Waals surface area contributed by atoms with Gasteiger partial charge in [-0.3, -0.25) is 4.90 Å². The predicted octanol–water partition coefficient (Wildman–Crippen LogP) is 4.00. The second-order valence-corrected chi connectivity index (χ2v) is 8.57. The molecule has 8 heteroatoms. The van der Waals surface area contributed by atoms with Crippen molar-refractivity contribution in [3.05, 3.63) is 11.8 Å². The molecular formula is C19H29F3N4O. The fourth-order valence-corrected chi connectivity index (χ4v) is 4.66. The summed E-state index contributed by atoms with van der Waals surface area (Å²) in [6.45, 7) is 7.44. The van der Waals surface area contributed by atoms with Crippen molar-refractivity contribution < 1.29 is 17.9 Å². The molecule has 1 aromatic rings. The molecule has 0 saturated carbocycles. The molecule has 5 nitrogen and oxygen atoms in total. The van der Waals surface area contributed by atoms with Crippen LogP contribution in [0.4, 0.5) is 19.0 Å². The standard InChI is InChI=1S/C19H29F3N4O/c1-12(2)14-8-17(19(20,21)22)26-18(23-14)9-15(24-26)16-4-3-6-25(16)10-13-5-7-27-11-13/h9,12-14,16-17,23H,3-8,10-11H2,1-2H3/t13-,14+,16+,17-/m1/s1. The number of anilines is 1. The number of hydrogen-bond acceptors (Lipinski definition) is 4. The number of rotatable bonds is 4. The van der Waals surface area contributed by atoms with Gasteiger partial charge in [0.1, 0.15) is 5.82 Å². The van der Waals surface area contributed by atoms with Gasteiger partial charge in [-0.1, -0.05) is 13.8 Å². The Hall–Kier alpha value is -1.28. The highest BCUT2D eigenvalue weighted by atomic mass is 19.4. The number of aromatic nitrogens is 2. The predicted molar refractivity (Wildman–Crippen MR) is 96.7 cm³/mol. The third-order valence-corrected chi connectivity index (χ3v) is 6.26. The van der Waals surface area contributed by atoms with Gasteiger partial charge >= 0.3 is 6.18 Å². The van der Waals surface area contributed by atoms with E-state index in [-0.39, 0.29) is 24.4 Å². The van der Waals surface area contributed by atoms with Crippen molar-refractivity contribution in [3.8, 4) is 0 Å². The van der Waals surface area contributed by atoms with E-state index in [1.807, 2.05) is 19.9 Å². The number of ether oxygens (including phenoxy) is 1. The number of halogens is 3. The Kier molecular flexibility index (Phi) is 5.14. The first-order valence-electron chi connectivity index (χ1n) is 10.1. The molecule has 0 amide bonds. The second kappa shape index (κ2) is 7.28. The maximum Gasteiger partial charge on any atom is 0.410 e. The van der Waals surface area contributed by atoms with E-state index in [1.165, 1.54) is 4.68 Å². The molecule has 2 fully saturated rings. The van der Waals surface area contributed by atoms with E-state index in [2.05, 4.69) is 15.3 Å². The van der Waals surface area contributed by atoms with Crippen molar-refractivity contribution in [2.45, 2.75) is 63.8 Å². The minimum absolute atomic E-state index is 0.0308. The Labute approximate surface area is 158 Å². The summed E-state index contributed by atoms with van der Waals surface area (Å²) >= 11 is 0. The van der Waals surface area contributed by atoms with Crippen LogP contribution in [0, 0.1) is 11.8 Å². The zero-order valence-corrected chi connectivity index (χ0v) is 16.0. The molecule has 0 aliphatic carbocycles. The molecule has 27 heavy (non-hydrogen) atoms. The quantitative estimate of drug-likeness (QED) is 0.849. The van der Waals surface area contributed by atoms with Crippen LogP contribution in [0.2, 0.25) is 0 Å². The normalized spacial score (nSPS) is 32.1. The zero-order valence-electron chi connectivity index (χ0n) is 16.0. The first-order chi connectivity index (χ1) is 12.8. The monoisotopic (exact) mass is 386 g/mol. The maximum atomic E-state index is 13.7. The molecule has 3 aliphatic heterocycles. The third-order valence-electron chi connectivity index (χ3n) is 6.26. The number of hydrogen-bond donors (Lipinski definition) is 1. The van der Waals surface area contributed by atoms with Crippen molar-refractivity contribution in [3.63, 3.8) is 0 Å². The van der Waals surface area contributed by atoms with Crippen LogP contribution < -0.4 is 5.32 Å². The Morgan fingerprint density at radius 3 is 2.81 bits per heavy atom. The summed E-state index contributed by atoms with van der Waals surface area (Å²) < 4.78 is 47.7. The summed E-state index contributed by atoms with van der Waals surface area (Å²) in [4.78, 5) is 2.39. The highest BCUT2D eigenvalue weighted by Gasteiger charge is 2.47. The van der Waals surface area contributed by atoms with Gasteiger partial charge in [-0.25, -0.2) is 4.68 Å². The lowest BCUT2D eigenvalue weighted by Crippen LogP contribution is -2.41. The van der Waals surface area contributed by atoms with Gasteiger partial charge in [-0.2, -0.15) is 18.3 Å². The average Bonchev–Trinajstić information content (AvgIpc) is 3.33. The highest BCUT2D eigenvalue weighted by molar-refractivity contribution is 5.42. The van der Waals surface area contributed by atoms with Crippen LogP contribution in [0.5, 0.6) is 0 Å². The van der Waals surface area contributed by atoms with E-state index >= 15 is 0 Å². The van der Waals surface area contributed by atoms with Gasteiger partial charge < -0.3 is 10.1 Å². The van der Waals surface area contributed by atoms with Gasteiger partial charge in [0.25, 0.3) is 0 Å². The van der Waals surface area contributed by atoms with Crippen LogP contribution in [0.3, 0.4) is 0 Å². The lowest BCUT2D eigenvalue weighted by Gasteiger charge is -2.35. The summed E-state index contributed by atoms with van der Waals surface area (Å²) in [6, 6.07) is 0.218. The molecule has 4 heterocycles. The van der Waals surface area contributed by atoms with Gasteiger partial charge in [-0.05, 0) is 44.1 Å². The Balaban J connectivity index is 1.58. The summed E-state index contributed by atoms with van der Waals surface area (Å²) in [5.41, 5.74) is 0.771. The Morgan fingerprint density at radius 2 is 2.15 bits per heavy atom. The van der Waals surface area contributed by atoms with Gasteiger partial charge in [0.05, 0.1) is 18.3 Å². The van der Waals surface area contributed by atoms with Crippen molar-refractivity contribution in [1.29, 1.82) is 0 Å². The molecule has 152 valence electrons. The van der Waals surface area contributed by atoms with E-state index < -0.39 is 12.2 Å². The lowest BCUT2D eigenvalue weighted by molar-refractivity contribution is -0.174. The molecule has 4 rings (SSSR count). The Morgan fingerprint density at radius 1 is 1.33 bits per heavy atom. The average molecular weight is 386 g/mol. The van der Waals surface area contributed by atoms with E-state index in [9.17, 15) is 13.2 Å². The van der Waals surface area contributed by atoms with E-state index in [0.717, 1.165) is 51.3 Å². The van der Waals surface area contributed by atoms with Crippen LogP contribution in [0.15, 0.2) is 6.07 Å². The van der Waals surface area contributed by atoms with Gasteiger partial charge in [-0.15, -0.1) is 0 Å². The summed E-state index contributed by atoms with van der Waals surface area (Å²) in [5, 5.41) is 7.75. The molecule has 4 atom stereocenters.